The molecule has 0 spiro atoms. The highest BCUT2D eigenvalue weighted by Crippen LogP contribution is 2.07. The molecule has 0 radical (unpaired) electrons. The van der Waals surface area contributed by atoms with E-state index >= 15 is 0 Å². The molecule has 146 valence electrons. The Bertz CT molecular complexity index is 1160. The first-order valence-corrected chi connectivity index (χ1v) is 10.0. The summed E-state index contributed by atoms with van der Waals surface area (Å²) in [5.41, 5.74) is 1.44. The van der Waals surface area contributed by atoms with Gasteiger partial charge in [-0.1, -0.05) is 24.3 Å². The number of aromatic nitrogens is 2. The summed E-state index contributed by atoms with van der Waals surface area (Å²) in [6.45, 7) is 1.61. The number of benzene rings is 1. The number of hydrogen-bond acceptors (Lipinski definition) is 6. The Labute approximate surface area is 161 Å². The summed E-state index contributed by atoms with van der Waals surface area (Å²) in [7, 11) is -3.67. The van der Waals surface area contributed by atoms with Crippen molar-refractivity contribution in [3.8, 4) is 0 Å². The number of nitrogens with zero attached hydrogens (tertiary/aromatic N) is 2. The van der Waals surface area contributed by atoms with Crippen molar-refractivity contribution >= 4 is 21.6 Å². The van der Waals surface area contributed by atoms with Crippen LogP contribution in [0.1, 0.15) is 17.7 Å². The van der Waals surface area contributed by atoms with Crippen LogP contribution in [0, 0.1) is 6.92 Å². The molecule has 8 nitrogen and oxygen atoms in total. The number of carbonyl (C=O) groups excluding carboxylic acids is 1. The molecule has 2 heterocycles. The first-order chi connectivity index (χ1) is 13.3. The van der Waals surface area contributed by atoms with Crippen LogP contribution in [-0.2, 0) is 26.2 Å². The molecule has 0 aliphatic rings. The molecule has 2 aromatic heterocycles. The molecular formula is C19H19N3O5S. The van der Waals surface area contributed by atoms with Gasteiger partial charge in [0.25, 0.3) is 5.56 Å². The summed E-state index contributed by atoms with van der Waals surface area (Å²) in [5, 5.41) is 0. The van der Waals surface area contributed by atoms with Crippen molar-refractivity contribution in [2.75, 3.05) is 6.54 Å². The molecule has 1 N–H and O–H groups in total. The van der Waals surface area contributed by atoms with Gasteiger partial charge in [-0.15, -0.1) is 0 Å². The summed E-state index contributed by atoms with van der Waals surface area (Å²) < 4.78 is 33.0. The maximum atomic E-state index is 12.1. The predicted molar refractivity (Wildman–Crippen MR) is 102 cm³/mol. The lowest BCUT2D eigenvalue weighted by Gasteiger charge is -2.08. The molecule has 0 fully saturated rings. The molecular weight excluding hydrogens is 382 g/mol. The van der Waals surface area contributed by atoms with Gasteiger partial charge in [0.2, 0.25) is 10.0 Å². The highest BCUT2D eigenvalue weighted by atomic mass is 32.2. The van der Waals surface area contributed by atoms with Crippen LogP contribution in [0.4, 0.5) is 0 Å². The van der Waals surface area contributed by atoms with E-state index < -0.39 is 16.0 Å². The summed E-state index contributed by atoms with van der Waals surface area (Å²) >= 11 is 0. The van der Waals surface area contributed by atoms with Crippen molar-refractivity contribution in [3.05, 3.63) is 76.3 Å². The molecule has 0 saturated carbocycles. The second-order valence-electron chi connectivity index (χ2n) is 6.14. The molecule has 1 aromatic carbocycles. The van der Waals surface area contributed by atoms with Crippen molar-refractivity contribution in [2.24, 2.45) is 0 Å². The molecule has 0 saturated heterocycles. The number of pyridine rings is 1. The number of nitrogens with one attached hydrogen (secondary N) is 1. The average molecular weight is 401 g/mol. The van der Waals surface area contributed by atoms with E-state index in [2.05, 4.69) is 9.71 Å². The van der Waals surface area contributed by atoms with Crippen LogP contribution >= 0.6 is 0 Å². The smallest absolute Gasteiger partial charge is 0.307 e. The number of esters is 1. The topological polar surface area (TPSA) is 107 Å². The van der Waals surface area contributed by atoms with E-state index in [0.717, 1.165) is 5.56 Å². The number of fused-ring (bicyclic) bond motifs is 1. The van der Waals surface area contributed by atoms with Crippen molar-refractivity contribution in [3.63, 3.8) is 0 Å². The quantitative estimate of drug-likeness (QED) is 0.600. The Morgan fingerprint density at radius 1 is 1.18 bits per heavy atom. The highest BCUT2D eigenvalue weighted by molar-refractivity contribution is 7.89. The first kappa shape index (κ1) is 19.7. The standard InChI is InChI=1S/C19H19N3O5S/c1-14-7-8-17-21-15(11-18(23)22(17)12-14)13-27-19(24)9-10-20-28(25,26)16-5-3-2-4-6-16/h2-8,11-12,20H,9-10,13H2,1H3. The van der Waals surface area contributed by atoms with Crippen molar-refractivity contribution in [2.45, 2.75) is 24.8 Å². The number of aryl methyl sites for hydroxylation is 1. The van der Waals surface area contributed by atoms with E-state index in [1.54, 1.807) is 30.5 Å². The summed E-state index contributed by atoms with van der Waals surface area (Å²) in [6.07, 6.45) is 1.54. The summed E-state index contributed by atoms with van der Waals surface area (Å²) in [4.78, 5) is 28.4. The van der Waals surface area contributed by atoms with E-state index in [1.807, 2.05) is 13.0 Å². The van der Waals surface area contributed by atoms with E-state index in [1.165, 1.54) is 22.6 Å². The number of rotatable bonds is 7. The van der Waals surface area contributed by atoms with Gasteiger partial charge in [0.15, 0.2) is 0 Å². The first-order valence-electron chi connectivity index (χ1n) is 8.54. The van der Waals surface area contributed by atoms with Gasteiger partial charge in [0.05, 0.1) is 17.0 Å². The van der Waals surface area contributed by atoms with Gasteiger partial charge >= 0.3 is 5.97 Å². The Kier molecular flexibility index (Phi) is 5.86. The molecule has 0 amide bonds. The Balaban J connectivity index is 1.54. The molecule has 0 unspecified atom stereocenters. The van der Waals surface area contributed by atoms with Crippen LogP contribution in [0.3, 0.4) is 0 Å². The van der Waals surface area contributed by atoms with Gasteiger partial charge in [-0.25, -0.2) is 18.1 Å². The van der Waals surface area contributed by atoms with Gasteiger partial charge in [0, 0.05) is 18.8 Å². The summed E-state index contributed by atoms with van der Waals surface area (Å²) in [6, 6.07) is 12.7. The van der Waals surface area contributed by atoms with Crippen LogP contribution in [0.25, 0.3) is 5.65 Å². The Morgan fingerprint density at radius 3 is 2.68 bits per heavy atom. The second-order valence-corrected chi connectivity index (χ2v) is 7.91. The van der Waals surface area contributed by atoms with Crippen LogP contribution < -0.4 is 10.3 Å². The number of sulfonamides is 1. The molecule has 0 bridgehead atoms. The van der Waals surface area contributed by atoms with E-state index in [-0.39, 0.29) is 30.0 Å². The maximum Gasteiger partial charge on any atom is 0.307 e. The van der Waals surface area contributed by atoms with Crippen LogP contribution in [0.5, 0.6) is 0 Å². The summed E-state index contributed by atoms with van der Waals surface area (Å²) in [5.74, 6) is -0.596. The normalized spacial score (nSPS) is 11.5. The van der Waals surface area contributed by atoms with Crippen LogP contribution in [-0.4, -0.2) is 30.3 Å². The van der Waals surface area contributed by atoms with Crippen molar-refractivity contribution < 1.29 is 17.9 Å². The third kappa shape index (κ3) is 4.81. The zero-order valence-electron chi connectivity index (χ0n) is 15.2. The minimum absolute atomic E-state index is 0.0941. The van der Waals surface area contributed by atoms with E-state index in [4.69, 9.17) is 4.74 Å². The molecule has 0 atom stereocenters. The maximum absolute atomic E-state index is 12.1. The van der Waals surface area contributed by atoms with Gasteiger partial charge in [-0.3, -0.25) is 14.0 Å². The third-order valence-corrected chi connectivity index (χ3v) is 5.39. The predicted octanol–water partition coefficient (Wildman–Crippen LogP) is 1.41. The van der Waals surface area contributed by atoms with Gasteiger partial charge in [-0.2, -0.15) is 0 Å². The minimum Gasteiger partial charge on any atom is -0.459 e. The number of carbonyl (C=O) groups is 1. The van der Waals surface area contributed by atoms with Crippen LogP contribution in [0.2, 0.25) is 0 Å². The van der Waals surface area contributed by atoms with Gasteiger partial charge in [-0.05, 0) is 30.7 Å². The highest BCUT2D eigenvalue weighted by Gasteiger charge is 2.14. The Morgan fingerprint density at radius 2 is 1.93 bits per heavy atom. The fraction of sp³-hybridized carbons (Fsp3) is 0.211. The van der Waals surface area contributed by atoms with E-state index in [0.29, 0.717) is 11.3 Å². The SMILES string of the molecule is Cc1ccc2nc(COC(=O)CCNS(=O)(=O)c3ccccc3)cc(=O)n2c1. The monoisotopic (exact) mass is 401 g/mol. The second kappa shape index (κ2) is 8.32. The zero-order chi connectivity index (χ0) is 20.1. The molecule has 3 rings (SSSR count). The Hall–Kier alpha value is -3.04. The minimum atomic E-state index is -3.67. The van der Waals surface area contributed by atoms with Crippen molar-refractivity contribution in [1.82, 2.24) is 14.1 Å². The molecule has 0 aliphatic carbocycles. The van der Waals surface area contributed by atoms with Crippen LogP contribution in [0.15, 0.2) is 64.4 Å². The lowest BCUT2D eigenvalue weighted by atomic mass is 10.3. The molecule has 0 aliphatic heterocycles. The fourth-order valence-corrected chi connectivity index (χ4v) is 3.58. The largest absolute Gasteiger partial charge is 0.459 e. The number of ether oxygens (including phenoxy) is 1. The third-order valence-electron chi connectivity index (χ3n) is 3.92. The lowest BCUT2D eigenvalue weighted by Crippen LogP contribution is -2.26. The van der Waals surface area contributed by atoms with Gasteiger partial charge < -0.3 is 4.74 Å². The van der Waals surface area contributed by atoms with Crippen molar-refractivity contribution in [1.29, 1.82) is 0 Å². The van der Waals surface area contributed by atoms with Gasteiger partial charge in [0.1, 0.15) is 12.3 Å². The van der Waals surface area contributed by atoms with E-state index in [9.17, 15) is 18.0 Å². The lowest BCUT2D eigenvalue weighted by molar-refractivity contribution is -0.144. The molecule has 3 aromatic rings. The molecule has 28 heavy (non-hydrogen) atoms. The number of hydrogen-bond donors (Lipinski definition) is 1. The molecule has 9 heteroatoms. The fourth-order valence-electron chi connectivity index (χ4n) is 2.53. The average Bonchev–Trinajstić information content (AvgIpc) is 2.67. The zero-order valence-corrected chi connectivity index (χ0v) is 16.0.